The molecule has 0 bridgehead atoms. The Labute approximate surface area is 186 Å². The molecule has 3 heteroatoms. The van der Waals surface area contributed by atoms with Crippen molar-refractivity contribution in [2.75, 3.05) is 0 Å². The fraction of sp³-hybridized carbons (Fsp3) is 0.185. The van der Waals surface area contributed by atoms with Crippen molar-refractivity contribution in [2.45, 2.75) is 26.0 Å². The minimum Gasteiger partial charge on any atom is -0.386 e. The van der Waals surface area contributed by atoms with E-state index in [4.69, 9.17) is 0 Å². The van der Waals surface area contributed by atoms with Gasteiger partial charge >= 0.3 is 0 Å². The maximum atomic E-state index is 11.4. The molecule has 0 aliphatic carbocycles. The van der Waals surface area contributed by atoms with E-state index in [1.54, 1.807) is 0 Å². The van der Waals surface area contributed by atoms with E-state index in [9.17, 15) is 5.11 Å². The molecule has 150 valence electrons. The summed E-state index contributed by atoms with van der Waals surface area (Å²) in [7, 11) is 0. The SMILES string of the molecule is CCC(C#Cc1ccccc1)C(O)c1cc2cc(Br)ccc2n1Cc1ccccc1. The zero-order valence-corrected chi connectivity index (χ0v) is 18.5. The lowest BCUT2D eigenvalue weighted by molar-refractivity contribution is 0.126. The predicted octanol–water partition coefficient (Wildman–Crippen LogP) is 6.56. The highest BCUT2D eigenvalue weighted by Crippen LogP contribution is 2.32. The molecule has 4 rings (SSSR count). The van der Waals surface area contributed by atoms with Crippen LogP contribution in [0.3, 0.4) is 0 Å². The summed E-state index contributed by atoms with van der Waals surface area (Å²) < 4.78 is 3.25. The molecule has 0 amide bonds. The normalized spacial score (nSPS) is 12.9. The average Bonchev–Trinajstić information content (AvgIpc) is 3.12. The molecule has 30 heavy (non-hydrogen) atoms. The van der Waals surface area contributed by atoms with Gasteiger partial charge in [0.15, 0.2) is 0 Å². The van der Waals surface area contributed by atoms with E-state index < -0.39 is 6.10 Å². The molecule has 1 aromatic heterocycles. The summed E-state index contributed by atoms with van der Waals surface area (Å²) in [4.78, 5) is 0. The molecule has 2 nitrogen and oxygen atoms in total. The van der Waals surface area contributed by atoms with Crippen molar-refractivity contribution < 1.29 is 5.11 Å². The number of benzene rings is 3. The van der Waals surface area contributed by atoms with Crippen LogP contribution in [0.4, 0.5) is 0 Å². The van der Waals surface area contributed by atoms with Crippen molar-refractivity contribution in [3.63, 3.8) is 0 Å². The zero-order valence-electron chi connectivity index (χ0n) is 16.9. The fourth-order valence-electron chi connectivity index (χ4n) is 3.76. The predicted molar refractivity (Wildman–Crippen MR) is 127 cm³/mol. The van der Waals surface area contributed by atoms with Gasteiger partial charge in [-0.2, -0.15) is 0 Å². The maximum absolute atomic E-state index is 11.4. The first-order valence-electron chi connectivity index (χ1n) is 10.2. The Morgan fingerprint density at radius 2 is 1.63 bits per heavy atom. The molecule has 2 atom stereocenters. The lowest BCUT2D eigenvalue weighted by Gasteiger charge is -2.20. The lowest BCUT2D eigenvalue weighted by atomic mass is 9.96. The van der Waals surface area contributed by atoms with Crippen LogP contribution in [-0.2, 0) is 6.54 Å². The molecular weight excluding hydrogens is 434 g/mol. The summed E-state index contributed by atoms with van der Waals surface area (Å²) in [5.41, 5.74) is 4.19. The van der Waals surface area contributed by atoms with Crippen molar-refractivity contribution in [1.82, 2.24) is 4.57 Å². The number of hydrogen-bond acceptors (Lipinski definition) is 1. The molecule has 1 heterocycles. The summed E-state index contributed by atoms with van der Waals surface area (Å²) in [6.07, 6.45) is 0.110. The molecule has 0 saturated heterocycles. The van der Waals surface area contributed by atoms with Crippen LogP contribution < -0.4 is 0 Å². The molecule has 0 spiro atoms. The van der Waals surface area contributed by atoms with E-state index in [2.05, 4.69) is 69.6 Å². The van der Waals surface area contributed by atoms with Gasteiger partial charge < -0.3 is 9.67 Å². The molecule has 1 N–H and O–H groups in total. The molecule has 0 fully saturated rings. The van der Waals surface area contributed by atoms with Crippen molar-refractivity contribution in [1.29, 1.82) is 0 Å². The quantitative estimate of drug-likeness (QED) is 0.337. The van der Waals surface area contributed by atoms with Gasteiger partial charge in [0.1, 0.15) is 6.10 Å². The van der Waals surface area contributed by atoms with Crippen LogP contribution in [0.5, 0.6) is 0 Å². The number of hydrogen-bond donors (Lipinski definition) is 1. The minimum absolute atomic E-state index is 0.146. The fourth-order valence-corrected chi connectivity index (χ4v) is 4.14. The first-order chi connectivity index (χ1) is 14.7. The maximum Gasteiger partial charge on any atom is 0.108 e. The number of rotatable bonds is 5. The van der Waals surface area contributed by atoms with Gasteiger partial charge in [0.05, 0.1) is 5.92 Å². The van der Waals surface area contributed by atoms with E-state index >= 15 is 0 Å². The highest BCUT2D eigenvalue weighted by Gasteiger charge is 2.23. The first-order valence-corrected chi connectivity index (χ1v) is 11.0. The van der Waals surface area contributed by atoms with Crippen LogP contribution in [-0.4, -0.2) is 9.67 Å². The van der Waals surface area contributed by atoms with Gasteiger partial charge in [-0.1, -0.05) is 83.2 Å². The number of aliphatic hydroxyl groups excluding tert-OH is 1. The van der Waals surface area contributed by atoms with Crippen molar-refractivity contribution in [3.8, 4) is 11.8 Å². The van der Waals surface area contributed by atoms with Gasteiger partial charge in [-0.05, 0) is 48.4 Å². The third-order valence-corrected chi connectivity index (χ3v) is 5.87. The smallest absolute Gasteiger partial charge is 0.108 e. The van der Waals surface area contributed by atoms with Gasteiger partial charge in [0.2, 0.25) is 0 Å². The summed E-state index contributed by atoms with van der Waals surface area (Å²) in [5, 5.41) is 12.5. The van der Waals surface area contributed by atoms with Crippen molar-refractivity contribution in [2.24, 2.45) is 5.92 Å². The molecule has 0 saturated carbocycles. The summed E-state index contributed by atoms with van der Waals surface area (Å²) >= 11 is 3.57. The van der Waals surface area contributed by atoms with E-state index in [0.717, 1.165) is 33.1 Å². The standard InChI is InChI=1S/C27H24BrNO/c1-2-22(14-13-20-9-5-3-6-10-20)27(30)26-18-23-17-24(28)15-16-25(23)29(26)19-21-11-7-4-8-12-21/h3-12,15-18,22,27,30H,2,19H2,1H3. The van der Waals surface area contributed by atoms with Crippen LogP contribution in [0.2, 0.25) is 0 Å². The molecule has 2 unspecified atom stereocenters. The Balaban J connectivity index is 1.74. The van der Waals surface area contributed by atoms with Crippen LogP contribution in [0.15, 0.2) is 89.4 Å². The van der Waals surface area contributed by atoms with Crippen LogP contribution >= 0.6 is 15.9 Å². The molecule has 0 aliphatic rings. The largest absolute Gasteiger partial charge is 0.386 e. The molecule has 0 aliphatic heterocycles. The van der Waals surface area contributed by atoms with E-state index in [1.807, 2.05) is 54.6 Å². The van der Waals surface area contributed by atoms with Crippen molar-refractivity contribution >= 4 is 26.8 Å². The third kappa shape index (κ3) is 4.51. The Bertz CT molecular complexity index is 1190. The number of aromatic nitrogens is 1. The summed E-state index contributed by atoms with van der Waals surface area (Å²) in [6, 6.07) is 28.7. The Morgan fingerprint density at radius 3 is 2.33 bits per heavy atom. The van der Waals surface area contributed by atoms with Crippen LogP contribution in [0, 0.1) is 17.8 Å². The average molecular weight is 458 g/mol. The topological polar surface area (TPSA) is 25.2 Å². The van der Waals surface area contributed by atoms with Gasteiger partial charge in [-0.15, -0.1) is 0 Å². The second-order valence-corrected chi connectivity index (χ2v) is 8.35. The summed E-state index contributed by atoms with van der Waals surface area (Å²) in [5.74, 6) is 6.39. The molecule has 3 aromatic carbocycles. The second-order valence-electron chi connectivity index (χ2n) is 7.44. The molecule has 0 radical (unpaired) electrons. The van der Waals surface area contributed by atoms with Crippen molar-refractivity contribution in [3.05, 3.63) is 106 Å². The highest BCUT2D eigenvalue weighted by molar-refractivity contribution is 9.10. The van der Waals surface area contributed by atoms with E-state index in [0.29, 0.717) is 6.54 Å². The molecular formula is C27H24BrNO. The number of halogens is 1. The lowest BCUT2D eigenvalue weighted by Crippen LogP contribution is -2.15. The Kier molecular flexibility index (Phi) is 6.38. The summed E-state index contributed by atoms with van der Waals surface area (Å²) in [6.45, 7) is 2.79. The monoisotopic (exact) mass is 457 g/mol. The number of aliphatic hydroxyl groups is 1. The first kappa shape index (κ1) is 20.5. The van der Waals surface area contributed by atoms with Gasteiger partial charge in [-0.3, -0.25) is 0 Å². The van der Waals surface area contributed by atoms with Gasteiger partial charge in [0, 0.05) is 33.2 Å². The third-order valence-electron chi connectivity index (χ3n) is 5.38. The van der Waals surface area contributed by atoms with E-state index in [-0.39, 0.29) is 5.92 Å². The van der Waals surface area contributed by atoms with Crippen LogP contribution in [0.25, 0.3) is 10.9 Å². The second kappa shape index (κ2) is 9.34. The molecule has 4 aromatic rings. The minimum atomic E-state index is -0.666. The van der Waals surface area contributed by atoms with Gasteiger partial charge in [-0.25, -0.2) is 0 Å². The zero-order chi connectivity index (χ0) is 20.9. The Hall–Kier alpha value is -2.80. The highest BCUT2D eigenvalue weighted by atomic mass is 79.9. The van der Waals surface area contributed by atoms with Crippen LogP contribution in [0.1, 0.15) is 36.3 Å². The number of nitrogens with zero attached hydrogens (tertiary/aromatic N) is 1. The Morgan fingerprint density at radius 1 is 0.933 bits per heavy atom. The number of fused-ring (bicyclic) bond motifs is 1. The van der Waals surface area contributed by atoms with E-state index in [1.165, 1.54) is 5.56 Å². The van der Waals surface area contributed by atoms with Gasteiger partial charge in [0.25, 0.3) is 0 Å².